The molecule has 0 aromatic heterocycles. The van der Waals surface area contributed by atoms with E-state index >= 15 is 0 Å². The van der Waals surface area contributed by atoms with Gasteiger partial charge in [0.25, 0.3) is 0 Å². The number of carbonyl (C=O) groups excluding carboxylic acids is 1. The van der Waals surface area contributed by atoms with Crippen LogP contribution in [0.25, 0.3) is 0 Å². The monoisotopic (exact) mass is 234 g/mol. The van der Waals surface area contributed by atoms with Gasteiger partial charge in [-0.05, 0) is 18.3 Å². The van der Waals surface area contributed by atoms with Crippen molar-refractivity contribution in [2.45, 2.75) is 33.1 Å². The van der Waals surface area contributed by atoms with E-state index in [9.17, 15) is 9.59 Å². The lowest BCUT2D eigenvalue weighted by Gasteiger charge is -2.22. The zero-order chi connectivity index (χ0) is 11.9. The average Bonchev–Trinajstić information content (AvgIpc) is 2.11. The van der Waals surface area contributed by atoms with E-state index in [1.165, 1.54) is 0 Å². The number of thioether (sulfide) groups is 1. The highest BCUT2D eigenvalue weighted by Crippen LogP contribution is 2.27. The number of carbonyl (C=O) groups is 2. The summed E-state index contributed by atoms with van der Waals surface area (Å²) in [5, 5.41) is 17.0. The van der Waals surface area contributed by atoms with E-state index in [1.54, 1.807) is 0 Å². The highest BCUT2D eigenvalue weighted by Gasteiger charge is 2.18. The summed E-state index contributed by atoms with van der Waals surface area (Å²) in [4.78, 5) is 21.4. The molecule has 2 N–H and O–H groups in total. The molecule has 5 heteroatoms. The van der Waals surface area contributed by atoms with Crippen molar-refractivity contribution in [1.29, 1.82) is 0 Å². The van der Waals surface area contributed by atoms with Gasteiger partial charge in [-0.2, -0.15) is 0 Å². The first-order valence-electron chi connectivity index (χ1n) is 4.86. The number of rotatable bonds is 7. The number of aliphatic hydroxyl groups excluding tert-OH is 1. The second kappa shape index (κ2) is 6.85. The van der Waals surface area contributed by atoms with E-state index < -0.39 is 5.97 Å². The third kappa shape index (κ3) is 8.44. The first kappa shape index (κ1) is 14.5. The van der Waals surface area contributed by atoms with Crippen molar-refractivity contribution in [2.24, 2.45) is 5.41 Å². The minimum atomic E-state index is -0.969. The Labute approximate surface area is 94.1 Å². The van der Waals surface area contributed by atoms with Crippen molar-refractivity contribution in [3.8, 4) is 0 Å². The molecule has 0 atom stereocenters. The van der Waals surface area contributed by atoms with Gasteiger partial charge >= 0.3 is 5.97 Å². The molecule has 15 heavy (non-hydrogen) atoms. The van der Waals surface area contributed by atoms with Crippen LogP contribution in [0.3, 0.4) is 0 Å². The Hall–Kier alpha value is -0.550. The number of aliphatic hydroxyl groups is 1. The largest absolute Gasteiger partial charge is 0.481 e. The van der Waals surface area contributed by atoms with Crippen molar-refractivity contribution in [3.63, 3.8) is 0 Å². The first-order chi connectivity index (χ1) is 6.87. The summed E-state index contributed by atoms with van der Waals surface area (Å²) in [5.41, 5.74) is -0.0613. The van der Waals surface area contributed by atoms with E-state index in [-0.39, 0.29) is 22.9 Å². The summed E-state index contributed by atoms with van der Waals surface area (Å²) < 4.78 is 0. The Morgan fingerprint density at radius 3 is 2.33 bits per heavy atom. The normalized spacial score (nSPS) is 11.4. The smallest absolute Gasteiger partial charge is 0.313 e. The van der Waals surface area contributed by atoms with Gasteiger partial charge in [0.1, 0.15) is 0 Å². The fraction of sp³-hybridized carbons (Fsp3) is 0.800. The Bertz CT molecular complexity index is 225. The second-order valence-corrected chi connectivity index (χ2v) is 5.22. The SMILES string of the molecule is CC(C)(CCO)CCC(=O)SCC(=O)O. The van der Waals surface area contributed by atoms with Crippen LogP contribution in [0.5, 0.6) is 0 Å². The highest BCUT2D eigenvalue weighted by atomic mass is 32.2. The van der Waals surface area contributed by atoms with Crippen LogP contribution >= 0.6 is 11.8 Å². The van der Waals surface area contributed by atoms with E-state index in [0.717, 1.165) is 11.8 Å². The van der Waals surface area contributed by atoms with Gasteiger partial charge in [-0.15, -0.1) is 0 Å². The molecule has 0 heterocycles. The molecule has 0 aliphatic rings. The molecule has 0 aliphatic heterocycles. The van der Waals surface area contributed by atoms with Gasteiger partial charge in [0, 0.05) is 13.0 Å². The van der Waals surface area contributed by atoms with E-state index in [4.69, 9.17) is 10.2 Å². The molecule has 0 aliphatic carbocycles. The minimum Gasteiger partial charge on any atom is -0.481 e. The summed E-state index contributed by atoms with van der Waals surface area (Å²) in [6, 6.07) is 0. The molecule has 0 spiro atoms. The molecular formula is C10H18O4S. The Balaban J connectivity index is 3.74. The lowest BCUT2D eigenvalue weighted by molar-refractivity contribution is -0.134. The van der Waals surface area contributed by atoms with Crippen LogP contribution < -0.4 is 0 Å². The zero-order valence-electron chi connectivity index (χ0n) is 9.15. The number of carboxylic acids is 1. The highest BCUT2D eigenvalue weighted by molar-refractivity contribution is 8.14. The molecule has 0 saturated heterocycles. The van der Waals surface area contributed by atoms with Gasteiger partial charge in [0.15, 0.2) is 5.12 Å². The van der Waals surface area contributed by atoms with Crippen LogP contribution in [-0.2, 0) is 9.59 Å². The predicted molar refractivity (Wildman–Crippen MR) is 59.8 cm³/mol. The second-order valence-electron chi connectivity index (χ2n) is 4.19. The predicted octanol–water partition coefficient (Wildman–Crippen LogP) is 1.52. The molecule has 0 aromatic rings. The fourth-order valence-electron chi connectivity index (χ4n) is 1.08. The van der Waals surface area contributed by atoms with Crippen molar-refractivity contribution >= 4 is 22.8 Å². The Morgan fingerprint density at radius 1 is 1.27 bits per heavy atom. The van der Waals surface area contributed by atoms with Crippen LogP contribution in [0.2, 0.25) is 0 Å². The van der Waals surface area contributed by atoms with Crippen molar-refractivity contribution in [1.82, 2.24) is 0 Å². The van der Waals surface area contributed by atoms with Gasteiger partial charge < -0.3 is 10.2 Å². The maximum atomic E-state index is 11.2. The van der Waals surface area contributed by atoms with Crippen LogP contribution in [0.15, 0.2) is 0 Å². The summed E-state index contributed by atoms with van der Waals surface area (Å²) in [6.45, 7) is 4.08. The summed E-state index contributed by atoms with van der Waals surface area (Å²) in [6.07, 6.45) is 1.70. The molecule has 0 fully saturated rings. The van der Waals surface area contributed by atoms with Crippen LogP contribution in [0.4, 0.5) is 0 Å². The molecule has 0 bridgehead atoms. The summed E-state index contributed by atoms with van der Waals surface area (Å²) >= 11 is 0.842. The van der Waals surface area contributed by atoms with E-state index in [1.807, 2.05) is 13.8 Å². The quantitative estimate of drug-likeness (QED) is 0.698. The number of hydrogen-bond acceptors (Lipinski definition) is 4. The lowest BCUT2D eigenvalue weighted by Crippen LogP contribution is -2.15. The zero-order valence-corrected chi connectivity index (χ0v) is 9.97. The number of hydrogen-bond donors (Lipinski definition) is 2. The Morgan fingerprint density at radius 2 is 1.87 bits per heavy atom. The maximum Gasteiger partial charge on any atom is 0.313 e. The topological polar surface area (TPSA) is 74.6 Å². The molecule has 0 unspecified atom stereocenters. The average molecular weight is 234 g/mol. The lowest BCUT2D eigenvalue weighted by atomic mass is 9.85. The van der Waals surface area contributed by atoms with Gasteiger partial charge in [-0.25, -0.2) is 0 Å². The van der Waals surface area contributed by atoms with E-state index in [0.29, 0.717) is 19.3 Å². The standard InChI is InChI=1S/C10H18O4S/c1-10(2,5-6-11)4-3-9(14)15-7-8(12)13/h11H,3-7H2,1-2H3,(H,12,13). The maximum absolute atomic E-state index is 11.2. The van der Waals surface area contributed by atoms with Crippen LogP contribution in [-0.4, -0.2) is 33.7 Å². The third-order valence-electron chi connectivity index (χ3n) is 2.15. The molecule has 0 rings (SSSR count). The first-order valence-corrected chi connectivity index (χ1v) is 5.84. The molecular weight excluding hydrogens is 216 g/mol. The van der Waals surface area contributed by atoms with Crippen molar-refractivity contribution < 1.29 is 19.8 Å². The minimum absolute atomic E-state index is 0.0613. The van der Waals surface area contributed by atoms with Crippen LogP contribution in [0.1, 0.15) is 33.1 Å². The molecule has 4 nitrogen and oxygen atoms in total. The van der Waals surface area contributed by atoms with Crippen LogP contribution in [0, 0.1) is 5.41 Å². The van der Waals surface area contributed by atoms with Crippen molar-refractivity contribution in [3.05, 3.63) is 0 Å². The summed E-state index contributed by atoms with van der Waals surface area (Å²) in [7, 11) is 0. The summed E-state index contributed by atoms with van der Waals surface area (Å²) in [5.74, 6) is -1.14. The number of carboxylic acid groups (broad SMARTS) is 1. The molecule has 0 aromatic carbocycles. The molecule has 0 saturated carbocycles. The number of aliphatic carboxylic acids is 1. The Kier molecular flexibility index (Phi) is 6.60. The van der Waals surface area contributed by atoms with Gasteiger partial charge in [-0.1, -0.05) is 25.6 Å². The van der Waals surface area contributed by atoms with Gasteiger partial charge in [0.2, 0.25) is 0 Å². The van der Waals surface area contributed by atoms with E-state index in [2.05, 4.69) is 0 Å². The molecule has 88 valence electrons. The molecule has 0 amide bonds. The molecule has 0 radical (unpaired) electrons. The van der Waals surface area contributed by atoms with Gasteiger partial charge in [0.05, 0.1) is 5.75 Å². The fourth-order valence-corrected chi connectivity index (χ4v) is 1.61. The van der Waals surface area contributed by atoms with Crippen molar-refractivity contribution in [2.75, 3.05) is 12.4 Å². The third-order valence-corrected chi connectivity index (χ3v) is 3.07. The van der Waals surface area contributed by atoms with Gasteiger partial charge in [-0.3, -0.25) is 9.59 Å².